The number of nitrogens with zero attached hydrogens (tertiary/aromatic N) is 1. The van der Waals surface area contributed by atoms with Crippen LogP contribution in [0.25, 0.3) is 0 Å². The average Bonchev–Trinajstić information content (AvgIpc) is 2.57. The van der Waals surface area contributed by atoms with Crippen LogP contribution < -0.4 is 19.6 Å². The minimum Gasteiger partial charge on any atom is -0.497 e. The van der Waals surface area contributed by atoms with Gasteiger partial charge in [-0.05, 0) is 31.2 Å². The van der Waals surface area contributed by atoms with E-state index in [4.69, 9.17) is 19.3 Å². The highest BCUT2D eigenvalue weighted by atomic mass is 16.5. The van der Waals surface area contributed by atoms with Crippen LogP contribution in [0.1, 0.15) is 5.69 Å². The van der Waals surface area contributed by atoms with Crippen LogP contribution in [0.3, 0.4) is 0 Å². The molecule has 0 saturated heterocycles. The Labute approximate surface area is 139 Å². The van der Waals surface area contributed by atoms with Gasteiger partial charge in [-0.3, -0.25) is 4.79 Å². The number of hydrogen-bond acceptors (Lipinski definition) is 5. The molecule has 0 atom stereocenters. The SMILES string of the molecule is COc1ccc(OCCn2ccc(=O)c(OCC(=O)O)c2C)cc1. The van der Waals surface area contributed by atoms with Crippen LogP contribution in [0.5, 0.6) is 17.2 Å². The maximum atomic E-state index is 11.8. The van der Waals surface area contributed by atoms with Gasteiger partial charge < -0.3 is 23.9 Å². The summed E-state index contributed by atoms with van der Waals surface area (Å²) in [7, 11) is 1.60. The quantitative estimate of drug-likeness (QED) is 0.791. The number of pyridine rings is 1. The normalized spacial score (nSPS) is 10.2. The number of aliphatic carboxylic acids is 1. The van der Waals surface area contributed by atoms with Crippen LogP contribution in [-0.2, 0) is 11.3 Å². The van der Waals surface area contributed by atoms with Crippen molar-refractivity contribution in [3.8, 4) is 17.2 Å². The van der Waals surface area contributed by atoms with Crippen LogP contribution in [0, 0.1) is 6.92 Å². The third-order valence-corrected chi connectivity index (χ3v) is 3.39. The van der Waals surface area contributed by atoms with Gasteiger partial charge in [-0.15, -0.1) is 0 Å². The van der Waals surface area contributed by atoms with E-state index in [0.29, 0.717) is 24.6 Å². The number of carboxylic acids is 1. The van der Waals surface area contributed by atoms with Gasteiger partial charge in [-0.1, -0.05) is 0 Å². The lowest BCUT2D eigenvalue weighted by molar-refractivity contribution is -0.139. The highest BCUT2D eigenvalue weighted by Crippen LogP contribution is 2.17. The van der Waals surface area contributed by atoms with Crippen molar-refractivity contribution in [1.29, 1.82) is 0 Å². The van der Waals surface area contributed by atoms with Gasteiger partial charge in [0.2, 0.25) is 5.43 Å². The molecule has 2 aromatic rings. The Bertz CT molecular complexity index is 751. The number of aromatic nitrogens is 1. The van der Waals surface area contributed by atoms with E-state index in [1.165, 1.54) is 6.07 Å². The molecule has 1 N–H and O–H groups in total. The molecule has 1 aromatic carbocycles. The first-order valence-corrected chi connectivity index (χ1v) is 7.32. The first kappa shape index (κ1) is 17.4. The molecule has 2 rings (SSSR count). The molecule has 0 bridgehead atoms. The summed E-state index contributed by atoms with van der Waals surface area (Å²) in [5, 5.41) is 8.67. The molecular weight excluding hydrogens is 314 g/mol. The van der Waals surface area contributed by atoms with Crippen molar-refractivity contribution >= 4 is 5.97 Å². The number of hydrogen-bond donors (Lipinski definition) is 1. The summed E-state index contributed by atoms with van der Waals surface area (Å²) in [5.41, 5.74) is 0.211. The van der Waals surface area contributed by atoms with Crippen LogP contribution in [-0.4, -0.2) is 36.0 Å². The second-order valence-corrected chi connectivity index (χ2v) is 4.99. The van der Waals surface area contributed by atoms with E-state index in [1.807, 2.05) is 0 Å². The number of carbonyl (C=O) groups is 1. The third-order valence-electron chi connectivity index (χ3n) is 3.39. The molecule has 7 heteroatoms. The van der Waals surface area contributed by atoms with Gasteiger partial charge in [0.1, 0.15) is 18.1 Å². The summed E-state index contributed by atoms with van der Waals surface area (Å²) in [6.45, 7) is 2.02. The first-order valence-electron chi connectivity index (χ1n) is 7.32. The highest BCUT2D eigenvalue weighted by molar-refractivity contribution is 5.68. The van der Waals surface area contributed by atoms with E-state index in [1.54, 1.807) is 49.1 Å². The second-order valence-electron chi connectivity index (χ2n) is 4.99. The fraction of sp³-hybridized carbons (Fsp3) is 0.294. The maximum absolute atomic E-state index is 11.8. The lowest BCUT2D eigenvalue weighted by Crippen LogP contribution is -2.20. The minimum atomic E-state index is -1.13. The van der Waals surface area contributed by atoms with Crippen molar-refractivity contribution in [3.63, 3.8) is 0 Å². The van der Waals surface area contributed by atoms with Crippen molar-refractivity contribution in [3.05, 3.63) is 52.4 Å². The van der Waals surface area contributed by atoms with Gasteiger partial charge in [0.15, 0.2) is 12.4 Å². The van der Waals surface area contributed by atoms with E-state index in [9.17, 15) is 9.59 Å². The minimum absolute atomic E-state index is 0.0457. The summed E-state index contributed by atoms with van der Waals surface area (Å²) < 4.78 is 17.6. The molecule has 128 valence electrons. The van der Waals surface area contributed by atoms with Crippen molar-refractivity contribution < 1.29 is 24.1 Å². The molecule has 24 heavy (non-hydrogen) atoms. The molecular formula is C17H19NO6. The van der Waals surface area contributed by atoms with Crippen LogP contribution >= 0.6 is 0 Å². The number of methoxy groups -OCH3 is 1. The molecule has 0 amide bonds. The number of ether oxygens (including phenoxy) is 3. The van der Waals surface area contributed by atoms with E-state index in [0.717, 1.165) is 5.75 Å². The first-order chi connectivity index (χ1) is 11.5. The Kier molecular flexibility index (Phi) is 5.83. The number of benzene rings is 1. The van der Waals surface area contributed by atoms with E-state index >= 15 is 0 Å². The molecule has 0 unspecified atom stereocenters. The Morgan fingerprint density at radius 3 is 2.42 bits per heavy atom. The molecule has 0 saturated carbocycles. The predicted molar refractivity (Wildman–Crippen MR) is 87.1 cm³/mol. The molecule has 1 heterocycles. The summed E-state index contributed by atoms with van der Waals surface area (Å²) in [5.74, 6) is 0.368. The summed E-state index contributed by atoms with van der Waals surface area (Å²) in [6, 6.07) is 8.56. The Balaban J connectivity index is 2.00. The smallest absolute Gasteiger partial charge is 0.341 e. The number of rotatable bonds is 8. The van der Waals surface area contributed by atoms with Crippen LogP contribution in [0.2, 0.25) is 0 Å². The molecule has 0 aliphatic rings. The van der Waals surface area contributed by atoms with Gasteiger partial charge in [0, 0.05) is 12.3 Å². The third kappa shape index (κ3) is 4.52. The molecule has 0 radical (unpaired) electrons. The molecule has 1 aromatic heterocycles. The summed E-state index contributed by atoms with van der Waals surface area (Å²) >= 11 is 0. The predicted octanol–water partition coefficient (Wildman–Crippen LogP) is 1.71. The van der Waals surface area contributed by atoms with E-state index in [-0.39, 0.29) is 11.2 Å². The van der Waals surface area contributed by atoms with Crippen molar-refractivity contribution in [2.24, 2.45) is 0 Å². The Hall–Kier alpha value is -2.96. The standard InChI is InChI=1S/C17H19NO6/c1-12-17(24-11-16(20)21)15(19)7-8-18(12)9-10-23-14-5-3-13(22-2)4-6-14/h3-8H,9-11H2,1-2H3,(H,20,21). The highest BCUT2D eigenvalue weighted by Gasteiger charge is 2.10. The van der Waals surface area contributed by atoms with Gasteiger partial charge in [-0.25, -0.2) is 4.79 Å². The largest absolute Gasteiger partial charge is 0.497 e. The van der Waals surface area contributed by atoms with Gasteiger partial charge in [-0.2, -0.15) is 0 Å². The lowest BCUT2D eigenvalue weighted by atomic mass is 10.3. The molecule has 0 aliphatic heterocycles. The van der Waals surface area contributed by atoms with E-state index < -0.39 is 12.6 Å². The van der Waals surface area contributed by atoms with Gasteiger partial charge >= 0.3 is 5.97 Å². The van der Waals surface area contributed by atoms with Crippen molar-refractivity contribution in [2.75, 3.05) is 20.3 Å². The fourth-order valence-corrected chi connectivity index (χ4v) is 2.14. The Morgan fingerprint density at radius 2 is 1.79 bits per heavy atom. The van der Waals surface area contributed by atoms with Crippen LogP contribution in [0.15, 0.2) is 41.3 Å². The van der Waals surface area contributed by atoms with Crippen LogP contribution in [0.4, 0.5) is 0 Å². The maximum Gasteiger partial charge on any atom is 0.341 e. The summed E-state index contributed by atoms with van der Waals surface area (Å²) in [6.07, 6.45) is 1.63. The van der Waals surface area contributed by atoms with Crippen molar-refractivity contribution in [2.45, 2.75) is 13.5 Å². The zero-order chi connectivity index (χ0) is 17.5. The van der Waals surface area contributed by atoms with Gasteiger partial charge in [0.25, 0.3) is 0 Å². The molecule has 0 aliphatic carbocycles. The van der Waals surface area contributed by atoms with Gasteiger partial charge in [0.05, 0.1) is 19.3 Å². The number of carboxylic acid groups (broad SMARTS) is 1. The molecule has 0 fully saturated rings. The zero-order valence-electron chi connectivity index (χ0n) is 13.5. The van der Waals surface area contributed by atoms with Crippen molar-refractivity contribution in [1.82, 2.24) is 4.57 Å². The lowest BCUT2D eigenvalue weighted by Gasteiger charge is -2.14. The summed E-state index contributed by atoms with van der Waals surface area (Å²) in [4.78, 5) is 22.4. The van der Waals surface area contributed by atoms with E-state index in [2.05, 4.69) is 0 Å². The molecule has 0 spiro atoms. The second kappa shape index (κ2) is 8.05. The molecule has 7 nitrogen and oxygen atoms in total. The Morgan fingerprint density at radius 1 is 1.12 bits per heavy atom. The topological polar surface area (TPSA) is 87.0 Å². The fourth-order valence-electron chi connectivity index (χ4n) is 2.14. The zero-order valence-corrected chi connectivity index (χ0v) is 13.5. The monoisotopic (exact) mass is 333 g/mol. The average molecular weight is 333 g/mol.